The van der Waals surface area contributed by atoms with E-state index < -0.39 is 0 Å². The molecule has 0 aliphatic rings. The molecule has 0 amide bonds. The fourth-order valence-corrected chi connectivity index (χ4v) is 0.482. The molecule has 0 aromatic heterocycles. The van der Waals surface area contributed by atoms with Gasteiger partial charge in [-0.2, -0.15) is 0 Å². The van der Waals surface area contributed by atoms with Gasteiger partial charge in [0.15, 0.2) is 0 Å². The first-order valence-corrected chi connectivity index (χ1v) is 3.47. The molecule has 0 aromatic rings. The quantitative estimate of drug-likeness (QED) is 0.542. The molecule has 0 radical (unpaired) electrons. The van der Waals surface area contributed by atoms with E-state index in [2.05, 4.69) is 10.5 Å². The molecule has 0 rings (SSSR count). The van der Waals surface area contributed by atoms with Crippen LogP contribution < -0.4 is 0 Å². The van der Waals surface area contributed by atoms with Crippen molar-refractivity contribution in [2.24, 2.45) is 0 Å². The van der Waals surface area contributed by atoms with Gasteiger partial charge < -0.3 is 0 Å². The summed E-state index contributed by atoms with van der Waals surface area (Å²) < 4.78 is 2.11. The molecule has 0 saturated heterocycles. The second kappa shape index (κ2) is 6.99. The zero-order valence-electron chi connectivity index (χ0n) is 4.39. The van der Waals surface area contributed by atoms with Gasteiger partial charge in [-0.25, -0.2) is 0 Å². The molecule has 0 saturated carbocycles. The molecular formula is C5H7W2-. The Morgan fingerprint density at radius 3 is 2.14 bits per heavy atom. The molecule has 0 aliphatic carbocycles. The zero-order chi connectivity index (χ0) is 4.99. The Labute approximate surface area is 70.1 Å². The van der Waals surface area contributed by atoms with E-state index in [9.17, 15) is 0 Å². The summed E-state index contributed by atoms with van der Waals surface area (Å²) in [4.78, 5) is 0. The van der Waals surface area contributed by atoms with Crippen LogP contribution in [0.4, 0.5) is 0 Å². The summed E-state index contributed by atoms with van der Waals surface area (Å²) in [6.45, 7) is 3.97. The Hall–Kier alpha value is 0.987. The second-order valence-corrected chi connectivity index (χ2v) is 1.90. The Balaban J connectivity index is 0. The van der Waals surface area contributed by atoms with Gasteiger partial charge in [0.25, 0.3) is 0 Å². The van der Waals surface area contributed by atoms with Crippen molar-refractivity contribution in [3.63, 3.8) is 0 Å². The van der Waals surface area contributed by atoms with Crippen molar-refractivity contribution in [2.75, 3.05) is 0 Å². The molecular weight excluding hydrogens is 428 g/mol. The van der Waals surface area contributed by atoms with E-state index in [4.69, 9.17) is 0 Å². The molecule has 0 heterocycles. The van der Waals surface area contributed by atoms with Gasteiger partial charge in [0.05, 0.1) is 0 Å². The second-order valence-electron chi connectivity index (χ2n) is 1.05. The van der Waals surface area contributed by atoms with Crippen LogP contribution in [0.5, 0.6) is 0 Å². The smallest absolute Gasteiger partial charge is 0 e. The minimum Gasteiger partial charge on any atom is 0 e. The number of hydrogen-bond acceptors (Lipinski definition) is 0. The fourth-order valence-electron chi connectivity index (χ4n) is 0.0589. The summed E-state index contributed by atoms with van der Waals surface area (Å²) in [5.74, 6) is 0. The van der Waals surface area contributed by atoms with Crippen molar-refractivity contribution in [2.45, 2.75) is 13.8 Å². The molecule has 0 nitrogen and oxygen atoms in total. The van der Waals surface area contributed by atoms with Gasteiger partial charge in [0.2, 0.25) is 0 Å². The van der Waals surface area contributed by atoms with Gasteiger partial charge in [0, 0.05) is 21.1 Å². The maximum Gasteiger partial charge on any atom is 0 e. The maximum absolute atomic E-state index is 3.00. The number of hydrogen-bond donors (Lipinski definition) is 0. The Bertz CT molecular complexity index is 74.1. The average Bonchev–Trinajstić information content (AvgIpc) is 1.65. The van der Waals surface area contributed by atoms with Gasteiger partial charge in [0.1, 0.15) is 0 Å². The molecule has 7 heavy (non-hydrogen) atoms. The minimum atomic E-state index is 0. The Morgan fingerprint density at radius 1 is 1.71 bits per heavy atom. The van der Waals surface area contributed by atoms with Gasteiger partial charge in [-0.1, -0.05) is 0 Å². The minimum absolute atomic E-state index is 0. The maximum atomic E-state index is 3.00. The topological polar surface area (TPSA) is 0 Å². The van der Waals surface area contributed by atoms with E-state index in [0.29, 0.717) is 0 Å². The SMILES string of the molecule is C[C-]=C(C)[CH]=[W].[W]. The van der Waals surface area contributed by atoms with Crippen LogP contribution in [0, 0.1) is 6.08 Å². The van der Waals surface area contributed by atoms with Crippen LogP contribution in [0.3, 0.4) is 0 Å². The summed E-state index contributed by atoms with van der Waals surface area (Å²) in [7, 11) is 0. The molecule has 0 N–H and O–H groups in total. The molecule has 2 heteroatoms. The molecule has 0 spiro atoms. The van der Waals surface area contributed by atoms with E-state index >= 15 is 0 Å². The molecule has 0 aromatic carbocycles. The molecule has 0 fully saturated rings. The van der Waals surface area contributed by atoms with E-state index in [-0.39, 0.29) is 21.1 Å². The van der Waals surface area contributed by atoms with Crippen molar-refractivity contribution in [1.82, 2.24) is 0 Å². The van der Waals surface area contributed by atoms with Crippen LogP contribution in [0.25, 0.3) is 0 Å². The third-order valence-corrected chi connectivity index (χ3v) is 1.84. The average molecular weight is 435 g/mol. The Kier molecular flexibility index (Phi) is 10.9. The first-order chi connectivity index (χ1) is 2.81. The van der Waals surface area contributed by atoms with Crippen LogP contribution >= 0.6 is 0 Å². The summed E-state index contributed by atoms with van der Waals surface area (Å²) in [5, 5.41) is 0. The van der Waals surface area contributed by atoms with Crippen molar-refractivity contribution < 1.29 is 40.4 Å². The van der Waals surface area contributed by atoms with Crippen molar-refractivity contribution >= 4 is 4.40 Å². The van der Waals surface area contributed by atoms with Gasteiger partial charge in [-0.15, -0.1) is 0 Å². The first-order valence-electron chi connectivity index (χ1n) is 1.77. The molecule has 0 unspecified atom stereocenters. The van der Waals surface area contributed by atoms with E-state index in [1.807, 2.05) is 13.8 Å². The molecule has 0 aliphatic heterocycles. The zero-order valence-corrected chi connectivity index (χ0v) is 10.3. The number of allylic oxidation sites excluding steroid dienone is 2. The van der Waals surface area contributed by atoms with Crippen molar-refractivity contribution in [3.05, 3.63) is 11.6 Å². The van der Waals surface area contributed by atoms with E-state index in [1.165, 1.54) is 24.9 Å². The predicted molar refractivity (Wildman–Crippen MR) is 24.2 cm³/mol. The fraction of sp³-hybridized carbons (Fsp3) is 0.400. The first kappa shape index (κ1) is 10.9. The van der Waals surface area contributed by atoms with Gasteiger partial charge >= 0.3 is 49.3 Å². The summed E-state index contributed by atoms with van der Waals surface area (Å²) >= 11 is 1.50. The summed E-state index contributed by atoms with van der Waals surface area (Å²) in [6, 6.07) is 0. The van der Waals surface area contributed by atoms with Crippen LogP contribution in [0.2, 0.25) is 0 Å². The van der Waals surface area contributed by atoms with Crippen molar-refractivity contribution in [1.29, 1.82) is 0 Å². The molecule has 40 valence electrons. The third kappa shape index (κ3) is 6.99. The largest absolute Gasteiger partial charge is 0 e. The Morgan fingerprint density at radius 2 is 2.14 bits per heavy atom. The van der Waals surface area contributed by atoms with Crippen molar-refractivity contribution in [3.8, 4) is 0 Å². The summed E-state index contributed by atoms with van der Waals surface area (Å²) in [6.07, 6.45) is 3.00. The van der Waals surface area contributed by atoms with Crippen LogP contribution in [0.15, 0.2) is 5.57 Å². The summed E-state index contributed by atoms with van der Waals surface area (Å²) in [5.41, 5.74) is 1.25. The van der Waals surface area contributed by atoms with E-state index in [0.717, 1.165) is 0 Å². The van der Waals surface area contributed by atoms with Gasteiger partial charge in [-0.3, -0.25) is 0 Å². The standard InChI is InChI=1S/C5H7.2W/c1-4-5(2)3;;/h2H,1,3H3;;/q-1;;. The van der Waals surface area contributed by atoms with Crippen LogP contribution in [-0.2, 0) is 40.4 Å². The third-order valence-electron chi connectivity index (χ3n) is 0.571. The molecule has 0 bridgehead atoms. The molecule has 0 atom stereocenters. The van der Waals surface area contributed by atoms with Gasteiger partial charge in [-0.05, 0) is 0 Å². The van der Waals surface area contributed by atoms with Crippen LogP contribution in [-0.4, -0.2) is 4.40 Å². The predicted octanol–water partition coefficient (Wildman–Crippen LogP) is 1.10. The normalized spacial score (nSPS) is 9.71. The monoisotopic (exact) mass is 435 g/mol. The number of rotatable bonds is 1. The van der Waals surface area contributed by atoms with Crippen LogP contribution in [0.1, 0.15) is 13.8 Å². The van der Waals surface area contributed by atoms with E-state index in [1.54, 1.807) is 0 Å².